The van der Waals surface area contributed by atoms with Gasteiger partial charge >= 0.3 is 0 Å². The molecule has 1 aliphatic heterocycles. The SMILES string of the molecule is c1ccc(CC2(Cc3cccs3)CNC2)cc1. The van der Waals surface area contributed by atoms with Crippen molar-refractivity contribution in [3.63, 3.8) is 0 Å². The van der Waals surface area contributed by atoms with Gasteiger partial charge in [0.2, 0.25) is 0 Å². The third-order valence-corrected chi connectivity index (χ3v) is 4.43. The first-order valence-electron chi connectivity index (χ1n) is 6.13. The number of benzene rings is 1. The number of thiophene rings is 1. The molecule has 0 spiro atoms. The molecule has 1 N–H and O–H groups in total. The van der Waals surface area contributed by atoms with E-state index in [-0.39, 0.29) is 0 Å². The molecule has 0 unspecified atom stereocenters. The van der Waals surface area contributed by atoms with Gasteiger partial charge in [-0.3, -0.25) is 0 Å². The van der Waals surface area contributed by atoms with Crippen molar-refractivity contribution in [3.8, 4) is 0 Å². The topological polar surface area (TPSA) is 12.0 Å². The van der Waals surface area contributed by atoms with Crippen molar-refractivity contribution in [1.29, 1.82) is 0 Å². The molecular formula is C15H17NS. The van der Waals surface area contributed by atoms with E-state index in [0.717, 1.165) is 13.1 Å². The monoisotopic (exact) mass is 243 g/mol. The van der Waals surface area contributed by atoms with E-state index in [4.69, 9.17) is 0 Å². The number of nitrogens with one attached hydrogen (secondary N) is 1. The quantitative estimate of drug-likeness (QED) is 0.870. The number of hydrogen-bond donors (Lipinski definition) is 1. The molecule has 0 bridgehead atoms. The van der Waals surface area contributed by atoms with Gasteiger partial charge < -0.3 is 5.32 Å². The summed E-state index contributed by atoms with van der Waals surface area (Å²) in [6, 6.07) is 15.3. The molecule has 1 aromatic heterocycles. The molecule has 2 aromatic rings. The van der Waals surface area contributed by atoms with Gasteiger partial charge in [-0.05, 0) is 29.9 Å². The van der Waals surface area contributed by atoms with E-state index in [1.807, 2.05) is 11.3 Å². The van der Waals surface area contributed by atoms with Crippen LogP contribution in [0.15, 0.2) is 47.8 Å². The highest BCUT2D eigenvalue weighted by molar-refractivity contribution is 7.09. The van der Waals surface area contributed by atoms with Crippen LogP contribution in [-0.4, -0.2) is 13.1 Å². The first-order chi connectivity index (χ1) is 8.36. The van der Waals surface area contributed by atoms with Crippen LogP contribution in [0.2, 0.25) is 0 Å². The Kier molecular flexibility index (Phi) is 3.00. The maximum atomic E-state index is 3.44. The third kappa shape index (κ3) is 2.43. The fourth-order valence-electron chi connectivity index (χ4n) is 2.60. The molecule has 1 nitrogen and oxygen atoms in total. The van der Waals surface area contributed by atoms with Crippen molar-refractivity contribution in [2.24, 2.45) is 5.41 Å². The van der Waals surface area contributed by atoms with Crippen LogP contribution < -0.4 is 5.32 Å². The van der Waals surface area contributed by atoms with Crippen LogP contribution in [-0.2, 0) is 12.8 Å². The van der Waals surface area contributed by atoms with Crippen molar-refractivity contribution in [1.82, 2.24) is 5.32 Å². The maximum Gasteiger partial charge on any atom is 0.00518 e. The van der Waals surface area contributed by atoms with Gasteiger partial charge in [0.25, 0.3) is 0 Å². The summed E-state index contributed by atoms with van der Waals surface area (Å²) < 4.78 is 0. The van der Waals surface area contributed by atoms with Crippen LogP contribution in [0.5, 0.6) is 0 Å². The van der Waals surface area contributed by atoms with Gasteiger partial charge in [-0.2, -0.15) is 0 Å². The summed E-state index contributed by atoms with van der Waals surface area (Å²) in [5.74, 6) is 0. The lowest BCUT2D eigenvalue weighted by Gasteiger charge is -2.43. The van der Waals surface area contributed by atoms with E-state index in [1.54, 1.807) is 0 Å². The largest absolute Gasteiger partial charge is 0.315 e. The second-order valence-corrected chi connectivity index (χ2v) is 6.05. The fraction of sp³-hybridized carbons (Fsp3) is 0.333. The zero-order valence-corrected chi connectivity index (χ0v) is 10.7. The maximum absolute atomic E-state index is 3.44. The lowest BCUT2D eigenvalue weighted by molar-refractivity contribution is 0.168. The second-order valence-electron chi connectivity index (χ2n) is 5.02. The molecule has 0 saturated carbocycles. The summed E-state index contributed by atoms with van der Waals surface area (Å²) in [5, 5.41) is 5.62. The fourth-order valence-corrected chi connectivity index (χ4v) is 3.48. The van der Waals surface area contributed by atoms with Crippen molar-refractivity contribution in [2.45, 2.75) is 12.8 Å². The molecular weight excluding hydrogens is 226 g/mol. The molecule has 2 heteroatoms. The highest BCUT2D eigenvalue weighted by Gasteiger charge is 2.37. The van der Waals surface area contributed by atoms with E-state index in [9.17, 15) is 0 Å². The van der Waals surface area contributed by atoms with Crippen molar-refractivity contribution >= 4 is 11.3 Å². The van der Waals surface area contributed by atoms with Crippen molar-refractivity contribution in [2.75, 3.05) is 13.1 Å². The number of rotatable bonds is 4. The minimum Gasteiger partial charge on any atom is -0.315 e. The normalized spacial score (nSPS) is 17.6. The van der Waals surface area contributed by atoms with Crippen LogP contribution in [0.1, 0.15) is 10.4 Å². The first-order valence-corrected chi connectivity index (χ1v) is 7.01. The van der Waals surface area contributed by atoms with E-state index in [2.05, 4.69) is 53.2 Å². The smallest absolute Gasteiger partial charge is 0.00518 e. The van der Waals surface area contributed by atoms with Gasteiger partial charge in [0.1, 0.15) is 0 Å². The standard InChI is InChI=1S/C15H17NS/c1-2-5-13(6-3-1)9-15(11-16-12-15)10-14-7-4-8-17-14/h1-8,16H,9-12H2. The molecule has 1 saturated heterocycles. The van der Waals surface area contributed by atoms with Crippen molar-refractivity contribution < 1.29 is 0 Å². The lowest BCUT2D eigenvalue weighted by Crippen LogP contribution is -2.55. The molecule has 0 radical (unpaired) electrons. The van der Waals surface area contributed by atoms with Crippen LogP contribution in [0, 0.1) is 5.41 Å². The molecule has 0 amide bonds. The molecule has 0 aliphatic carbocycles. The average Bonchev–Trinajstić information content (AvgIpc) is 2.80. The van der Waals surface area contributed by atoms with Gasteiger partial charge in [0.15, 0.2) is 0 Å². The van der Waals surface area contributed by atoms with Crippen LogP contribution >= 0.6 is 11.3 Å². The van der Waals surface area contributed by atoms with Gasteiger partial charge in [0, 0.05) is 23.4 Å². The summed E-state index contributed by atoms with van der Waals surface area (Å²) in [4.78, 5) is 1.52. The zero-order chi connectivity index (χ0) is 11.6. The molecule has 88 valence electrons. The van der Waals surface area contributed by atoms with Crippen LogP contribution in [0.3, 0.4) is 0 Å². The Balaban J connectivity index is 1.74. The lowest BCUT2D eigenvalue weighted by atomic mass is 9.73. The highest BCUT2D eigenvalue weighted by atomic mass is 32.1. The minimum absolute atomic E-state index is 0.451. The molecule has 3 rings (SSSR count). The third-order valence-electron chi connectivity index (χ3n) is 3.55. The van der Waals surface area contributed by atoms with E-state index >= 15 is 0 Å². The Morgan fingerprint density at radius 1 is 1.00 bits per heavy atom. The average molecular weight is 243 g/mol. The number of hydrogen-bond acceptors (Lipinski definition) is 2. The molecule has 1 fully saturated rings. The molecule has 1 aliphatic rings. The highest BCUT2D eigenvalue weighted by Crippen LogP contribution is 2.33. The van der Waals surface area contributed by atoms with E-state index in [0.29, 0.717) is 5.41 Å². The van der Waals surface area contributed by atoms with Gasteiger partial charge in [-0.1, -0.05) is 36.4 Å². The Bertz CT molecular complexity index is 457. The summed E-state index contributed by atoms with van der Waals surface area (Å²) in [6.45, 7) is 2.31. The minimum atomic E-state index is 0.451. The first kappa shape index (κ1) is 11.0. The van der Waals surface area contributed by atoms with Crippen LogP contribution in [0.4, 0.5) is 0 Å². The molecule has 1 aromatic carbocycles. The van der Waals surface area contributed by atoms with Crippen LogP contribution in [0.25, 0.3) is 0 Å². The van der Waals surface area contributed by atoms with Crippen molar-refractivity contribution in [3.05, 3.63) is 58.3 Å². The summed E-state index contributed by atoms with van der Waals surface area (Å²) >= 11 is 1.88. The Hall–Kier alpha value is -1.12. The Morgan fingerprint density at radius 3 is 2.41 bits per heavy atom. The van der Waals surface area contributed by atoms with E-state index in [1.165, 1.54) is 23.3 Å². The molecule has 0 atom stereocenters. The second kappa shape index (κ2) is 4.63. The molecule has 2 heterocycles. The predicted molar refractivity (Wildman–Crippen MR) is 73.5 cm³/mol. The van der Waals surface area contributed by atoms with Gasteiger partial charge in [-0.15, -0.1) is 11.3 Å². The van der Waals surface area contributed by atoms with E-state index < -0.39 is 0 Å². The summed E-state index contributed by atoms with van der Waals surface area (Å²) in [7, 11) is 0. The predicted octanol–water partition coefficient (Wildman–Crippen LogP) is 3.12. The van der Waals surface area contributed by atoms with Gasteiger partial charge in [0.05, 0.1) is 0 Å². The Labute approximate surface area is 106 Å². The summed E-state index contributed by atoms with van der Waals surface area (Å²) in [5.41, 5.74) is 1.91. The zero-order valence-electron chi connectivity index (χ0n) is 9.86. The summed E-state index contributed by atoms with van der Waals surface area (Å²) in [6.07, 6.45) is 2.41. The van der Waals surface area contributed by atoms with Gasteiger partial charge in [-0.25, -0.2) is 0 Å². The molecule has 17 heavy (non-hydrogen) atoms. The Morgan fingerprint density at radius 2 is 1.82 bits per heavy atom.